The van der Waals surface area contributed by atoms with Crippen molar-refractivity contribution in [2.75, 3.05) is 0 Å². The summed E-state index contributed by atoms with van der Waals surface area (Å²) in [6, 6.07) is 17.0. The minimum Gasteiger partial charge on any atom is -0.0622 e. The van der Waals surface area contributed by atoms with Crippen LogP contribution < -0.4 is 0 Å². The zero-order valence-electron chi connectivity index (χ0n) is 7.37. The van der Waals surface area contributed by atoms with Crippen molar-refractivity contribution in [3.63, 3.8) is 0 Å². The second kappa shape index (κ2) is 4.61. The molecule has 0 aliphatic heterocycles. The van der Waals surface area contributed by atoms with E-state index in [0.29, 0.717) is 0 Å². The van der Waals surface area contributed by atoms with Gasteiger partial charge in [0, 0.05) is 7.14 Å². The zero-order valence-corrected chi connectivity index (χ0v) is 11.7. The Morgan fingerprint density at radius 1 is 0.643 bits per heavy atom. The average Bonchev–Trinajstić information content (AvgIpc) is 2.23. The molecule has 0 fully saturated rings. The van der Waals surface area contributed by atoms with Gasteiger partial charge in [0.25, 0.3) is 0 Å². The van der Waals surface area contributed by atoms with Gasteiger partial charge in [-0.05, 0) is 68.4 Å². The summed E-state index contributed by atoms with van der Waals surface area (Å²) in [5, 5.41) is 0. The molecule has 70 valence electrons. The van der Waals surface area contributed by atoms with Crippen molar-refractivity contribution in [2.45, 2.75) is 0 Å². The van der Waals surface area contributed by atoms with E-state index in [1.54, 1.807) is 0 Å². The van der Waals surface area contributed by atoms with E-state index in [-0.39, 0.29) is 0 Å². The normalized spacial score (nSPS) is 10.1. The number of benzene rings is 2. The highest BCUT2D eigenvalue weighted by Crippen LogP contribution is 2.24. The molecule has 0 saturated heterocycles. The monoisotopic (exact) mass is 406 g/mol. The first-order valence-corrected chi connectivity index (χ1v) is 6.43. The van der Waals surface area contributed by atoms with Crippen LogP contribution in [0.5, 0.6) is 0 Å². The van der Waals surface area contributed by atoms with Crippen LogP contribution in [-0.4, -0.2) is 0 Å². The Bertz CT molecular complexity index is 435. The molecule has 0 heterocycles. The van der Waals surface area contributed by atoms with Gasteiger partial charge in [-0.25, -0.2) is 0 Å². The van der Waals surface area contributed by atoms with E-state index in [9.17, 15) is 0 Å². The molecule has 0 amide bonds. The smallest absolute Gasteiger partial charge is 0.0270 e. The van der Waals surface area contributed by atoms with Gasteiger partial charge in [0.1, 0.15) is 0 Å². The summed E-state index contributed by atoms with van der Waals surface area (Å²) in [6.07, 6.45) is 0. The molecule has 0 aromatic heterocycles. The van der Waals surface area contributed by atoms with Gasteiger partial charge in [-0.15, -0.1) is 0 Å². The SMILES string of the molecule is Ic1ccc(-c2ccccc2)cc1I. The lowest BCUT2D eigenvalue weighted by Gasteiger charge is -2.03. The molecule has 0 atom stereocenters. The van der Waals surface area contributed by atoms with Crippen molar-refractivity contribution in [3.05, 3.63) is 55.7 Å². The number of rotatable bonds is 1. The van der Waals surface area contributed by atoms with E-state index in [4.69, 9.17) is 0 Å². The lowest BCUT2D eigenvalue weighted by molar-refractivity contribution is 1.55. The Morgan fingerprint density at radius 2 is 1.36 bits per heavy atom. The minimum atomic E-state index is 1.28. The van der Waals surface area contributed by atoms with E-state index in [0.717, 1.165) is 0 Å². The lowest BCUT2D eigenvalue weighted by Crippen LogP contribution is -1.82. The predicted molar refractivity (Wildman–Crippen MR) is 77.3 cm³/mol. The van der Waals surface area contributed by atoms with Gasteiger partial charge < -0.3 is 0 Å². The summed E-state index contributed by atoms with van der Waals surface area (Å²) in [5.74, 6) is 0. The van der Waals surface area contributed by atoms with Gasteiger partial charge in [-0.3, -0.25) is 0 Å². The molecule has 2 heteroatoms. The summed E-state index contributed by atoms with van der Waals surface area (Å²) in [6.45, 7) is 0. The maximum atomic E-state index is 2.37. The van der Waals surface area contributed by atoms with Gasteiger partial charge >= 0.3 is 0 Å². The molecule has 2 rings (SSSR count). The fourth-order valence-corrected chi connectivity index (χ4v) is 2.16. The molecular formula is C12H8I2. The summed E-state index contributed by atoms with van der Waals surface area (Å²) < 4.78 is 2.62. The highest BCUT2D eigenvalue weighted by Gasteiger charge is 1.99. The molecule has 2 aromatic carbocycles. The summed E-state index contributed by atoms with van der Waals surface area (Å²) in [4.78, 5) is 0. The molecule has 0 N–H and O–H groups in total. The molecule has 0 spiro atoms. The second-order valence-corrected chi connectivity index (χ2v) is 5.32. The molecule has 0 unspecified atom stereocenters. The minimum absolute atomic E-state index is 1.28. The first kappa shape index (κ1) is 10.4. The van der Waals surface area contributed by atoms with E-state index in [1.165, 1.54) is 18.3 Å². The lowest BCUT2D eigenvalue weighted by atomic mass is 10.1. The zero-order chi connectivity index (χ0) is 9.97. The van der Waals surface area contributed by atoms with Gasteiger partial charge in [-0.1, -0.05) is 36.4 Å². The van der Waals surface area contributed by atoms with Crippen LogP contribution in [-0.2, 0) is 0 Å². The average molecular weight is 406 g/mol. The van der Waals surface area contributed by atoms with Crippen molar-refractivity contribution in [1.82, 2.24) is 0 Å². The highest BCUT2D eigenvalue weighted by molar-refractivity contribution is 14.1. The summed E-state index contributed by atoms with van der Waals surface area (Å²) in [5.41, 5.74) is 2.57. The van der Waals surface area contributed by atoms with Crippen LogP contribution in [0.1, 0.15) is 0 Å². The van der Waals surface area contributed by atoms with Crippen LogP contribution in [0, 0.1) is 7.14 Å². The van der Waals surface area contributed by atoms with Crippen LogP contribution in [0.3, 0.4) is 0 Å². The van der Waals surface area contributed by atoms with Crippen molar-refractivity contribution in [2.24, 2.45) is 0 Å². The topological polar surface area (TPSA) is 0 Å². The fourth-order valence-electron chi connectivity index (χ4n) is 1.31. The maximum absolute atomic E-state index is 2.37. The standard InChI is InChI=1S/C12H8I2/c13-11-7-6-10(8-12(11)14)9-4-2-1-3-5-9/h1-8H. The first-order chi connectivity index (χ1) is 6.77. The molecule has 0 bridgehead atoms. The Morgan fingerprint density at radius 3 is 2.00 bits per heavy atom. The van der Waals surface area contributed by atoms with E-state index in [2.05, 4.69) is 87.6 Å². The van der Waals surface area contributed by atoms with Crippen LogP contribution in [0.2, 0.25) is 0 Å². The molecule has 0 aliphatic carbocycles. The van der Waals surface area contributed by atoms with E-state index < -0.39 is 0 Å². The molecule has 0 nitrogen and oxygen atoms in total. The Kier molecular flexibility index (Phi) is 3.43. The maximum Gasteiger partial charge on any atom is 0.0270 e. The van der Waals surface area contributed by atoms with Crippen molar-refractivity contribution in [1.29, 1.82) is 0 Å². The Balaban J connectivity index is 2.48. The molecule has 14 heavy (non-hydrogen) atoms. The largest absolute Gasteiger partial charge is 0.0622 e. The summed E-state index contributed by atoms with van der Waals surface area (Å²) in [7, 11) is 0. The van der Waals surface area contributed by atoms with Gasteiger partial charge in [0.15, 0.2) is 0 Å². The fraction of sp³-hybridized carbons (Fsp3) is 0. The van der Waals surface area contributed by atoms with Crippen LogP contribution in [0.15, 0.2) is 48.5 Å². The molecule has 2 aromatic rings. The molecular weight excluding hydrogens is 398 g/mol. The third kappa shape index (κ3) is 2.28. The molecule has 0 saturated carbocycles. The number of hydrogen-bond donors (Lipinski definition) is 0. The summed E-state index contributed by atoms with van der Waals surface area (Å²) >= 11 is 4.72. The first-order valence-electron chi connectivity index (χ1n) is 4.28. The third-order valence-corrected chi connectivity index (χ3v) is 4.89. The second-order valence-electron chi connectivity index (χ2n) is 2.99. The van der Waals surface area contributed by atoms with E-state index >= 15 is 0 Å². The number of halogens is 2. The molecule has 0 radical (unpaired) electrons. The third-order valence-electron chi connectivity index (χ3n) is 2.03. The van der Waals surface area contributed by atoms with Crippen molar-refractivity contribution < 1.29 is 0 Å². The van der Waals surface area contributed by atoms with Crippen molar-refractivity contribution in [3.8, 4) is 11.1 Å². The van der Waals surface area contributed by atoms with Gasteiger partial charge in [0.2, 0.25) is 0 Å². The Labute approximate surface area is 111 Å². The van der Waals surface area contributed by atoms with Crippen molar-refractivity contribution >= 4 is 45.2 Å². The van der Waals surface area contributed by atoms with Crippen LogP contribution in [0.25, 0.3) is 11.1 Å². The predicted octanol–water partition coefficient (Wildman–Crippen LogP) is 4.56. The quantitative estimate of drug-likeness (QED) is 0.610. The van der Waals surface area contributed by atoms with Crippen LogP contribution in [0.4, 0.5) is 0 Å². The van der Waals surface area contributed by atoms with Crippen LogP contribution >= 0.6 is 45.2 Å². The Hall–Kier alpha value is -0.100. The van der Waals surface area contributed by atoms with E-state index in [1.807, 2.05) is 6.07 Å². The molecule has 0 aliphatic rings. The number of hydrogen-bond acceptors (Lipinski definition) is 0. The van der Waals surface area contributed by atoms with Gasteiger partial charge in [0.05, 0.1) is 0 Å². The highest BCUT2D eigenvalue weighted by atomic mass is 127. The van der Waals surface area contributed by atoms with Gasteiger partial charge in [-0.2, -0.15) is 0 Å².